The Bertz CT molecular complexity index is 358. The van der Waals surface area contributed by atoms with E-state index in [-0.39, 0.29) is 0 Å². The van der Waals surface area contributed by atoms with Crippen LogP contribution < -0.4 is 0 Å². The summed E-state index contributed by atoms with van der Waals surface area (Å²) in [5.41, 5.74) is 1.34. The average molecular weight is 330 g/mol. The van der Waals surface area contributed by atoms with Crippen LogP contribution in [0.1, 0.15) is 50.5 Å². The highest BCUT2D eigenvalue weighted by Gasteiger charge is 2.15. The van der Waals surface area contributed by atoms with Gasteiger partial charge in [-0.1, -0.05) is 71.8 Å². The van der Waals surface area contributed by atoms with E-state index in [1.54, 1.807) is 0 Å². The number of benzene rings is 1. The molecule has 1 aromatic rings. The standard InChI is InChI=1S/C16H22BrCl/c17-15(10-9-13-5-2-1-3-6-13)11-14-7-4-8-16(18)12-14/h4,7-8,12-13,15H,1-3,5-6,9-11H2. The van der Waals surface area contributed by atoms with E-state index in [4.69, 9.17) is 11.6 Å². The Labute approximate surface area is 124 Å². The summed E-state index contributed by atoms with van der Waals surface area (Å²) in [6.07, 6.45) is 11.0. The molecule has 0 N–H and O–H groups in total. The van der Waals surface area contributed by atoms with Crippen molar-refractivity contribution in [3.05, 3.63) is 34.9 Å². The minimum Gasteiger partial charge on any atom is -0.0887 e. The summed E-state index contributed by atoms with van der Waals surface area (Å²) in [6, 6.07) is 8.23. The maximum Gasteiger partial charge on any atom is 0.0408 e. The third-order valence-corrected chi connectivity index (χ3v) is 4.98. The molecule has 0 nitrogen and oxygen atoms in total. The molecule has 1 atom stereocenters. The van der Waals surface area contributed by atoms with Crippen LogP contribution in [0.4, 0.5) is 0 Å². The zero-order valence-electron chi connectivity index (χ0n) is 10.9. The molecule has 1 saturated carbocycles. The van der Waals surface area contributed by atoms with Gasteiger partial charge in [0.25, 0.3) is 0 Å². The summed E-state index contributed by atoms with van der Waals surface area (Å²) in [6.45, 7) is 0. The molecule has 2 rings (SSSR count). The van der Waals surface area contributed by atoms with Crippen LogP contribution in [0.5, 0.6) is 0 Å². The summed E-state index contributed by atoms with van der Waals surface area (Å²) in [5, 5.41) is 0.847. The zero-order chi connectivity index (χ0) is 12.8. The van der Waals surface area contributed by atoms with Gasteiger partial charge in [0.2, 0.25) is 0 Å². The largest absolute Gasteiger partial charge is 0.0887 e. The van der Waals surface area contributed by atoms with E-state index in [9.17, 15) is 0 Å². The van der Waals surface area contributed by atoms with E-state index in [0.717, 1.165) is 17.4 Å². The van der Waals surface area contributed by atoms with Gasteiger partial charge in [-0.2, -0.15) is 0 Å². The summed E-state index contributed by atoms with van der Waals surface area (Å²) < 4.78 is 0. The molecule has 1 aromatic carbocycles. The molecule has 1 aliphatic rings. The molecule has 2 heteroatoms. The SMILES string of the molecule is Clc1cccc(CC(Br)CCC2CCCCC2)c1. The Kier molecular flexibility index (Phi) is 6.04. The van der Waals surface area contributed by atoms with Gasteiger partial charge < -0.3 is 0 Å². The summed E-state index contributed by atoms with van der Waals surface area (Å²) >= 11 is 9.83. The molecule has 0 aliphatic heterocycles. The maximum absolute atomic E-state index is 6.01. The van der Waals surface area contributed by atoms with Gasteiger partial charge >= 0.3 is 0 Å². The van der Waals surface area contributed by atoms with Crippen LogP contribution in [0.2, 0.25) is 5.02 Å². The molecule has 0 bridgehead atoms. The Hall–Kier alpha value is -0.0100. The van der Waals surface area contributed by atoms with Gasteiger partial charge in [-0.15, -0.1) is 0 Å². The molecular weight excluding hydrogens is 308 g/mol. The molecule has 100 valence electrons. The third kappa shape index (κ3) is 4.93. The summed E-state index contributed by atoms with van der Waals surface area (Å²) in [7, 11) is 0. The van der Waals surface area contributed by atoms with Crippen LogP contribution in [0.25, 0.3) is 0 Å². The first-order chi connectivity index (χ1) is 8.74. The highest BCUT2D eigenvalue weighted by molar-refractivity contribution is 9.09. The average Bonchev–Trinajstić information content (AvgIpc) is 2.38. The Morgan fingerprint density at radius 1 is 1.22 bits per heavy atom. The van der Waals surface area contributed by atoms with Gasteiger partial charge in [0.15, 0.2) is 0 Å². The molecule has 0 heterocycles. The second-order valence-electron chi connectivity index (χ2n) is 5.51. The lowest BCUT2D eigenvalue weighted by Gasteiger charge is -2.22. The fourth-order valence-electron chi connectivity index (χ4n) is 2.91. The van der Waals surface area contributed by atoms with Crippen molar-refractivity contribution >= 4 is 27.5 Å². The minimum atomic E-state index is 0.595. The quantitative estimate of drug-likeness (QED) is 0.581. The number of rotatable bonds is 5. The molecular formula is C16H22BrCl. The molecule has 18 heavy (non-hydrogen) atoms. The van der Waals surface area contributed by atoms with Crippen molar-refractivity contribution in [1.82, 2.24) is 0 Å². The lowest BCUT2D eigenvalue weighted by molar-refractivity contribution is 0.331. The molecule has 0 saturated heterocycles. The van der Waals surface area contributed by atoms with Gasteiger partial charge in [-0.25, -0.2) is 0 Å². The van der Waals surface area contributed by atoms with Crippen LogP contribution in [0.3, 0.4) is 0 Å². The maximum atomic E-state index is 6.01. The first-order valence-corrected chi connectivity index (χ1v) is 8.42. The third-order valence-electron chi connectivity index (χ3n) is 3.96. The zero-order valence-corrected chi connectivity index (χ0v) is 13.2. The van der Waals surface area contributed by atoms with Crippen LogP contribution >= 0.6 is 27.5 Å². The molecule has 1 aliphatic carbocycles. The van der Waals surface area contributed by atoms with Crippen LogP contribution in [-0.2, 0) is 6.42 Å². The fraction of sp³-hybridized carbons (Fsp3) is 0.625. The van der Waals surface area contributed by atoms with Crippen molar-refractivity contribution in [2.45, 2.75) is 56.2 Å². The smallest absolute Gasteiger partial charge is 0.0408 e. The van der Waals surface area contributed by atoms with Crippen molar-refractivity contribution in [2.75, 3.05) is 0 Å². The predicted octanol–water partition coefficient (Wildman–Crippen LogP) is 6.01. The molecule has 1 unspecified atom stereocenters. The normalized spacial score (nSPS) is 18.8. The van der Waals surface area contributed by atoms with Gasteiger partial charge in [0.1, 0.15) is 0 Å². The number of alkyl halides is 1. The molecule has 0 aromatic heterocycles. The first kappa shape index (κ1) is 14.4. The van der Waals surface area contributed by atoms with Crippen molar-refractivity contribution in [3.63, 3.8) is 0 Å². The van der Waals surface area contributed by atoms with E-state index in [2.05, 4.69) is 28.1 Å². The van der Waals surface area contributed by atoms with E-state index in [0.29, 0.717) is 4.83 Å². The van der Waals surface area contributed by atoms with Crippen LogP contribution in [-0.4, -0.2) is 4.83 Å². The first-order valence-electron chi connectivity index (χ1n) is 7.12. The molecule has 0 spiro atoms. The van der Waals surface area contributed by atoms with Gasteiger partial charge in [0, 0.05) is 9.85 Å². The van der Waals surface area contributed by atoms with E-state index >= 15 is 0 Å². The number of halogens is 2. The lowest BCUT2D eigenvalue weighted by Crippen LogP contribution is -2.10. The molecule has 0 amide bonds. The van der Waals surface area contributed by atoms with E-state index in [1.807, 2.05) is 12.1 Å². The fourth-order valence-corrected chi connectivity index (χ4v) is 3.77. The monoisotopic (exact) mass is 328 g/mol. The second-order valence-corrected chi connectivity index (χ2v) is 7.24. The van der Waals surface area contributed by atoms with Crippen LogP contribution in [0.15, 0.2) is 24.3 Å². The van der Waals surface area contributed by atoms with Gasteiger partial charge in [0.05, 0.1) is 0 Å². The lowest BCUT2D eigenvalue weighted by atomic mass is 9.85. The van der Waals surface area contributed by atoms with Crippen molar-refractivity contribution in [2.24, 2.45) is 5.92 Å². The number of hydrogen-bond donors (Lipinski definition) is 0. The molecule has 0 radical (unpaired) electrons. The van der Waals surface area contributed by atoms with Crippen molar-refractivity contribution in [1.29, 1.82) is 0 Å². The summed E-state index contributed by atoms with van der Waals surface area (Å²) in [5.74, 6) is 0.984. The second kappa shape index (κ2) is 7.55. The number of hydrogen-bond acceptors (Lipinski definition) is 0. The highest BCUT2D eigenvalue weighted by Crippen LogP contribution is 2.29. The highest BCUT2D eigenvalue weighted by atomic mass is 79.9. The Balaban J connectivity index is 1.72. The van der Waals surface area contributed by atoms with Crippen molar-refractivity contribution in [3.8, 4) is 0 Å². The van der Waals surface area contributed by atoms with Gasteiger partial charge in [-0.05, 0) is 42.9 Å². The minimum absolute atomic E-state index is 0.595. The van der Waals surface area contributed by atoms with E-state index < -0.39 is 0 Å². The predicted molar refractivity (Wildman–Crippen MR) is 83.7 cm³/mol. The van der Waals surface area contributed by atoms with Crippen LogP contribution in [0, 0.1) is 5.92 Å². The van der Waals surface area contributed by atoms with Crippen molar-refractivity contribution < 1.29 is 0 Å². The Morgan fingerprint density at radius 2 is 2.00 bits per heavy atom. The molecule has 1 fully saturated rings. The summed E-state index contributed by atoms with van der Waals surface area (Å²) in [4.78, 5) is 0.595. The van der Waals surface area contributed by atoms with E-state index in [1.165, 1.54) is 50.5 Å². The Morgan fingerprint density at radius 3 is 2.72 bits per heavy atom. The topological polar surface area (TPSA) is 0 Å². The van der Waals surface area contributed by atoms with Gasteiger partial charge in [-0.3, -0.25) is 0 Å².